The summed E-state index contributed by atoms with van der Waals surface area (Å²) >= 11 is 3.38. The number of halogens is 1. The molecular weight excluding hydrogens is 310 g/mol. The normalized spacial score (nSPS) is 10.0. The van der Waals surface area contributed by atoms with Gasteiger partial charge in [0.05, 0.1) is 18.4 Å². The fourth-order valence-corrected chi connectivity index (χ4v) is 1.96. The van der Waals surface area contributed by atoms with Crippen molar-refractivity contribution in [1.29, 1.82) is 0 Å². The molecule has 0 bridgehead atoms. The first-order chi connectivity index (χ1) is 9.11. The highest BCUT2D eigenvalue weighted by molar-refractivity contribution is 9.10. The fourth-order valence-electron chi connectivity index (χ4n) is 1.56. The van der Waals surface area contributed by atoms with Crippen LogP contribution in [-0.4, -0.2) is 18.1 Å². The number of esters is 1. The van der Waals surface area contributed by atoms with Crippen molar-refractivity contribution in [2.45, 2.75) is 0 Å². The Balaban J connectivity index is 2.33. The van der Waals surface area contributed by atoms with Crippen LogP contribution in [0.4, 0.5) is 17.2 Å². The van der Waals surface area contributed by atoms with Crippen LogP contribution >= 0.6 is 15.9 Å². The average molecular weight is 322 g/mol. The molecule has 1 aromatic heterocycles. The second kappa shape index (κ2) is 5.71. The first-order valence-electron chi connectivity index (χ1n) is 5.47. The van der Waals surface area contributed by atoms with Crippen molar-refractivity contribution in [2.75, 3.05) is 18.2 Å². The molecule has 0 saturated carbocycles. The van der Waals surface area contributed by atoms with Gasteiger partial charge in [-0.2, -0.15) is 0 Å². The number of nitrogens with two attached hydrogens (primary N) is 1. The lowest BCUT2D eigenvalue weighted by atomic mass is 10.2. The third-order valence-electron chi connectivity index (χ3n) is 2.48. The van der Waals surface area contributed by atoms with E-state index in [-0.39, 0.29) is 11.3 Å². The molecule has 3 N–H and O–H groups in total. The van der Waals surface area contributed by atoms with E-state index < -0.39 is 5.97 Å². The zero-order valence-corrected chi connectivity index (χ0v) is 11.8. The number of hydrogen-bond donors (Lipinski definition) is 2. The summed E-state index contributed by atoms with van der Waals surface area (Å²) in [5.41, 5.74) is 7.27. The van der Waals surface area contributed by atoms with E-state index in [1.165, 1.54) is 19.4 Å². The number of nitrogen functional groups attached to an aromatic ring is 1. The van der Waals surface area contributed by atoms with Crippen molar-refractivity contribution in [3.05, 3.63) is 46.6 Å². The number of ether oxygens (including phenoxy) is 1. The summed E-state index contributed by atoms with van der Waals surface area (Å²) in [5.74, 6) is -0.0711. The van der Waals surface area contributed by atoms with Crippen LogP contribution in [0.25, 0.3) is 0 Å². The van der Waals surface area contributed by atoms with Gasteiger partial charge in [0.25, 0.3) is 0 Å². The summed E-state index contributed by atoms with van der Waals surface area (Å²) in [7, 11) is 1.31. The zero-order chi connectivity index (χ0) is 13.8. The van der Waals surface area contributed by atoms with E-state index >= 15 is 0 Å². The summed E-state index contributed by atoms with van der Waals surface area (Å²) in [5, 5.41) is 3.06. The number of pyridine rings is 1. The molecule has 0 amide bonds. The Labute approximate surface area is 118 Å². The minimum absolute atomic E-state index is 0.259. The van der Waals surface area contributed by atoms with Gasteiger partial charge in [-0.05, 0) is 24.3 Å². The minimum atomic E-state index is -0.489. The van der Waals surface area contributed by atoms with Crippen LogP contribution in [0.1, 0.15) is 10.4 Å². The standard InChI is InChI=1S/C13H12BrN3O2/c1-19-13(18)10-5-6-16-12(11(10)15)17-9-4-2-3-8(14)7-9/h2-7H,15H2,1H3,(H,16,17). The van der Waals surface area contributed by atoms with Crippen LogP contribution in [0.15, 0.2) is 41.0 Å². The molecule has 1 aromatic carbocycles. The van der Waals surface area contributed by atoms with Gasteiger partial charge in [0.15, 0.2) is 5.82 Å². The molecule has 19 heavy (non-hydrogen) atoms. The van der Waals surface area contributed by atoms with Crippen LogP contribution < -0.4 is 11.1 Å². The number of nitrogens with zero attached hydrogens (tertiary/aromatic N) is 1. The molecule has 0 radical (unpaired) electrons. The lowest BCUT2D eigenvalue weighted by molar-refractivity contribution is 0.0602. The Morgan fingerprint density at radius 2 is 2.21 bits per heavy atom. The van der Waals surface area contributed by atoms with Crippen molar-refractivity contribution in [2.24, 2.45) is 0 Å². The van der Waals surface area contributed by atoms with E-state index in [1.54, 1.807) is 0 Å². The van der Waals surface area contributed by atoms with Gasteiger partial charge in [-0.15, -0.1) is 0 Å². The monoisotopic (exact) mass is 321 g/mol. The Morgan fingerprint density at radius 1 is 1.42 bits per heavy atom. The zero-order valence-electron chi connectivity index (χ0n) is 10.2. The topological polar surface area (TPSA) is 77.2 Å². The SMILES string of the molecule is COC(=O)c1ccnc(Nc2cccc(Br)c2)c1N. The van der Waals surface area contributed by atoms with Gasteiger partial charge in [0.1, 0.15) is 0 Å². The van der Waals surface area contributed by atoms with Crippen LogP contribution in [0.3, 0.4) is 0 Å². The lowest BCUT2D eigenvalue weighted by Gasteiger charge is -2.11. The highest BCUT2D eigenvalue weighted by Gasteiger charge is 2.13. The molecule has 0 fully saturated rings. The number of methoxy groups -OCH3 is 1. The van der Waals surface area contributed by atoms with Crippen molar-refractivity contribution in [3.8, 4) is 0 Å². The van der Waals surface area contributed by atoms with Gasteiger partial charge < -0.3 is 15.8 Å². The largest absolute Gasteiger partial charge is 0.465 e. The second-order valence-electron chi connectivity index (χ2n) is 3.75. The second-order valence-corrected chi connectivity index (χ2v) is 4.66. The number of carbonyl (C=O) groups is 1. The van der Waals surface area contributed by atoms with Crippen LogP contribution in [0.5, 0.6) is 0 Å². The molecule has 0 spiro atoms. The number of nitrogens with one attached hydrogen (secondary N) is 1. The Hall–Kier alpha value is -2.08. The molecule has 1 heterocycles. The van der Waals surface area contributed by atoms with Crippen molar-refractivity contribution in [1.82, 2.24) is 4.98 Å². The van der Waals surface area contributed by atoms with Gasteiger partial charge >= 0.3 is 5.97 Å². The summed E-state index contributed by atoms with van der Waals surface area (Å²) in [4.78, 5) is 15.6. The Morgan fingerprint density at radius 3 is 2.89 bits per heavy atom. The third-order valence-corrected chi connectivity index (χ3v) is 2.98. The van der Waals surface area contributed by atoms with E-state index in [9.17, 15) is 4.79 Å². The predicted octanol–water partition coefficient (Wildman–Crippen LogP) is 2.96. The maximum atomic E-state index is 11.5. The highest BCUT2D eigenvalue weighted by atomic mass is 79.9. The van der Waals surface area contributed by atoms with E-state index in [1.807, 2.05) is 24.3 Å². The van der Waals surface area contributed by atoms with Crippen molar-refractivity contribution in [3.63, 3.8) is 0 Å². The number of hydrogen-bond acceptors (Lipinski definition) is 5. The number of anilines is 3. The number of carbonyl (C=O) groups excluding carboxylic acids is 1. The van der Waals surface area contributed by atoms with Crippen LogP contribution in [0, 0.1) is 0 Å². The van der Waals surface area contributed by atoms with Crippen LogP contribution in [0.2, 0.25) is 0 Å². The number of aromatic nitrogens is 1. The number of benzene rings is 1. The summed E-state index contributed by atoms with van der Waals surface area (Å²) in [6.45, 7) is 0. The maximum Gasteiger partial charge on any atom is 0.340 e. The summed E-state index contributed by atoms with van der Waals surface area (Å²) < 4.78 is 5.59. The van der Waals surface area contributed by atoms with Gasteiger partial charge in [0, 0.05) is 16.4 Å². The Kier molecular flexibility index (Phi) is 4.01. The van der Waals surface area contributed by atoms with E-state index in [0.29, 0.717) is 5.82 Å². The van der Waals surface area contributed by atoms with E-state index in [4.69, 9.17) is 5.73 Å². The third kappa shape index (κ3) is 3.03. The minimum Gasteiger partial charge on any atom is -0.465 e. The molecule has 0 aliphatic carbocycles. The smallest absolute Gasteiger partial charge is 0.340 e. The molecule has 2 aromatic rings. The van der Waals surface area contributed by atoms with E-state index in [0.717, 1.165) is 10.2 Å². The molecule has 0 saturated heterocycles. The van der Waals surface area contributed by atoms with E-state index in [2.05, 4.69) is 31.0 Å². The van der Waals surface area contributed by atoms with Gasteiger partial charge in [0.2, 0.25) is 0 Å². The molecule has 0 aliphatic heterocycles. The van der Waals surface area contributed by atoms with Gasteiger partial charge in [-0.25, -0.2) is 9.78 Å². The van der Waals surface area contributed by atoms with Gasteiger partial charge in [-0.1, -0.05) is 22.0 Å². The summed E-state index contributed by atoms with van der Waals surface area (Å²) in [6, 6.07) is 9.06. The quantitative estimate of drug-likeness (QED) is 0.850. The fraction of sp³-hybridized carbons (Fsp3) is 0.0769. The highest BCUT2D eigenvalue weighted by Crippen LogP contribution is 2.25. The van der Waals surface area contributed by atoms with Gasteiger partial charge in [-0.3, -0.25) is 0 Å². The molecule has 6 heteroatoms. The molecular formula is C13H12BrN3O2. The summed E-state index contributed by atoms with van der Waals surface area (Å²) in [6.07, 6.45) is 1.50. The predicted molar refractivity (Wildman–Crippen MR) is 77.4 cm³/mol. The molecule has 0 aliphatic rings. The average Bonchev–Trinajstić information content (AvgIpc) is 2.40. The lowest BCUT2D eigenvalue weighted by Crippen LogP contribution is -2.08. The maximum absolute atomic E-state index is 11.5. The first-order valence-corrected chi connectivity index (χ1v) is 6.26. The van der Waals surface area contributed by atoms with Crippen molar-refractivity contribution < 1.29 is 9.53 Å². The molecule has 0 atom stereocenters. The molecule has 98 valence electrons. The van der Waals surface area contributed by atoms with Crippen LogP contribution in [-0.2, 0) is 4.74 Å². The molecule has 2 rings (SSSR count). The van der Waals surface area contributed by atoms with Crippen molar-refractivity contribution >= 4 is 39.1 Å². The number of rotatable bonds is 3. The first kappa shape index (κ1) is 13.4. The Bertz CT molecular complexity index is 617. The molecule has 0 unspecified atom stereocenters. The molecule has 5 nitrogen and oxygen atoms in total.